The van der Waals surface area contributed by atoms with Gasteiger partial charge < -0.3 is 0 Å². The van der Waals surface area contributed by atoms with Crippen LogP contribution in [0.3, 0.4) is 0 Å². The first kappa shape index (κ1) is 16.9. The molecule has 0 radical (unpaired) electrons. The third-order valence-corrected chi connectivity index (χ3v) is 4.05. The van der Waals surface area contributed by atoms with Gasteiger partial charge in [0.25, 0.3) is 5.56 Å². The first-order valence-corrected chi connectivity index (χ1v) is 8.69. The van der Waals surface area contributed by atoms with Gasteiger partial charge in [-0.05, 0) is 24.0 Å². The van der Waals surface area contributed by atoms with Gasteiger partial charge in [-0.3, -0.25) is 4.79 Å². The first-order chi connectivity index (χ1) is 10.3. The number of halogens is 1. The second-order valence-electron chi connectivity index (χ2n) is 5.70. The van der Waals surface area contributed by atoms with Crippen LogP contribution >= 0.6 is 27.7 Å². The van der Waals surface area contributed by atoms with E-state index in [0.29, 0.717) is 10.9 Å². The maximum atomic E-state index is 12.6. The van der Waals surface area contributed by atoms with Crippen molar-refractivity contribution >= 4 is 33.9 Å². The minimum absolute atomic E-state index is 0.236. The topological polar surface area (TPSA) is 60.1 Å². The van der Waals surface area contributed by atoms with Crippen LogP contribution in [0.15, 0.2) is 43.8 Å². The van der Waals surface area contributed by atoms with Gasteiger partial charge in [-0.15, -0.1) is 10.2 Å². The molecular formula is C15H17BrN4OS. The van der Waals surface area contributed by atoms with Crippen LogP contribution in [0.2, 0.25) is 0 Å². The van der Waals surface area contributed by atoms with Crippen LogP contribution in [0.1, 0.15) is 32.0 Å². The summed E-state index contributed by atoms with van der Waals surface area (Å²) in [6.07, 6.45) is 3.48. The molecule has 116 valence electrons. The van der Waals surface area contributed by atoms with E-state index in [-0.39, 0.29) is 11.0 Å². The van der Waals surface area contributed by atoms with E-state index in [1.54, 1.807) is 6.21 Å². The summed E-state index contributed by atoms with van der Waals surface area (Å²) in [6.45, 7) is 5.79. The average molecular weight is 381 g/mol. The number of nitrogens with zero attached hydrogens (tertiary/aromatic N) is 4. The van der Waals surface area contributed by atoms with Crippen LogP contribution in [-0.4, -0.2) is 27.3 Å². The number of rotatable bonds is 3. The van der Waals surface area contributed by atoms with Gasteiger partial charge in [-0.25, -0.2) is 0 Å². The van der Waals surface area contributed by atoms with E-state index in [1.165, 1.54) is 16.4 Å². The average Bonchev–Trinajstić information content (AvgIpc) is 2.46. The number of benzene rings is 1. The standard InChI is InChI=1S/C15H17BrN4OS/c1-15(2,3)12-13(21)20(14(22-4)19-18-12)17-9-10-5-7-11(16)8-6-10/h5-9H,1-4H3/b17-9-. The monoisotopic (exact) mass is 380 g/mol. The lowest BCUT2D eigenvalue weighted by atomic mass is 9.93. The largest absolute Gasteiger partial charge is 0.297 e. The lowest BCUT2D eigenvalue weighted by Crippen LogP contribution is -2.32. The normalized spacial score (nSPS) is 12.0. The zero-order chi connectivity index (χ0) is 16.3. The molecule has 0 fully saturated rings. The van der Waals surface area contributed by atoms with Gasteiger partial charge in [0.2, 0.25) is 5.16 Å². The lowest BCUT2D eigenvalue weighted by molar-refractivity contribution is 0.510. The minimum atomic E-state index is -0.379. The van der Waals surface area contributed by atoms with Gasteiger partial charge in [0, 0.05) is 9.89 Å². The molecule has 1 aromatic heterocycles. The number of hydrogen-bond acceptors (Lipinski definition) is 5. The highest BCUT2D eigenvalue weighted by Gasteiger charge is 2.23. The van der Waals surface area contributed by atoms with Gasteiger partial charge in [-0.1, -0.05) is 60.6 Å². The molecule has 2 aromatic rings. The van der Waals surface area contributed by atoms with E-state index in [2.05, 4.69) is 31.2 Å². The van der Waals surface area contributed by atoms with E-state index in [4.69, 9.17) is 0 Å². The third kappa shape index (κ3) is 3.84. The van der Waals surface area contributed by atoms with Gasteiger partial charge in [0.15, 0.2) is 0 Å². The summed E-state index contributed by atoms with van der Waals surface area (Å²) in [5.41, 5.74) is 0.686. The summed E-state index contributed by atoms with van der Waals surface area (Å²) in [5, 5.41) is 12.9. The highest BCUT2D eigenvalue weighted by atomic mass is 79.9. The predicted octanol–water partition coefficient (Wildman–Crippen LogP) is 3.30. The first-order valence-electron chi connectivity index (χ1n) is 6.67. The molecule has 5 nitrogen and oxygen atoms in total. The van der Waals surface area contributed by atoms with Crippen molar-refractivity contribution in [2.75, 3.05) is 6.26 Å². The van der Waals surface area contributed by atoms with Gasteiger partial charge >= 0.3 is 0 Å². The van der Waals surface area contributed by atoms with Crippen LogP contribution < -0.4 is 5.56 Å². The highest BCUT2D eigenvalue weighted by Crippen LogP contribution is 2.17. The molecule has 7 heteroatoms. The maximum absolute atomic E-state index is 12.6. The molecule has 0 aliphatic heterocycles. The summed E-state index contributed by atoms with van der Waals surface area (Å²) < 4.78 is 2.30. The second kappa shape index (κ2) is 6.75. The van der Waals surface area contributed by atoms with Gasteiger partial charge in [-0.2, -0.15) is 9.78 Å². The molecule has 0 bridgehead atoms. The molecule has 0 atom stereocenters. The van der Waals surface area contributed by atoms with E-state index in [1.807, 2.05) is 51.3 Å². The molecule has 0 unspecified atom stereocenters. The Morgan fingerprint density at radius 1 is 1.23 bits per heavy atom. The van der Waals surface area contributed by atoms with Crippen LogP contribution in [0, 0.1) is 0 Å². The quantitative estimate of drug-likeness (QED) is 0.605. The fraction of sp³-hybridized carbons (Fsp3) is 0.333. The summed E-state index contributed by atoms with van der Waals surface area (Å²) in [6, 6.07) is 7.67. The zero-order valence-electron chi connectivity index (χ0n) is 12.9. The number of hydrogen-bond donors (Lipinski definition) is 0. The maximum Gasteiger partial charge on any atom is 0.297 e. The van der Waals surface area contributed by atoms with Crippen molar-refractivity contribution in [3.8, 4) is 0 Å². The fourth-order valence-electron chi connectivity index (χ4n) is 1.74. The van der Waals surface area contributed by atoms with Gasteiger partial charge in [0.05, 0.1) is 6.21 Å². The summed E-state index contributed by atoms with van der Waals surface area (Å²) in [5.74, 6) is 0. The van der Waals surface area contributed by atoms with Crippen molar-refractivity contribution in [3.05, 3.63) is 50.3 Å². The summed E-state index contributed by atoms with van der Waals surface area (Å²) in [4.78, 5) is 12.6. The summed E-state index contributed by atoms with van der Waals surface area (Å²) >= 11 is 4.72. The molecule has 0 saturated carbocycles. The molecule has 2 rings (SSSR count). The van der Waals surface area contributed by atoms with E-state index in [9.17, 15) is 4.79 Å². The van der Waals surface area contributed by atoms with Crippen molar-refractivity contribution in [2.24, 2.45) is 5.10 Å². The smallest absolute Gasteiger partial charge is 0.265 e. The SMILES string of the molecule is CSc1nnc(C(C)(C)C)c(=O)n1/N=C\c1ccc(Br)cc1. The van der Waals surface area contributed by atoms with Crippen LogP contribution in [0.4, 0.5) is 0 Å². The Morgan fingerprint density at radius 3 is 2.41 bits per heavy atom. The molecule has 0 aliphatic rings. The zero-order valence-corrected chi connectivity index (χ0v) is 15.3. The Kier molecular flexibility index (Phi) is 5.18. The Hall–Kier alpha value is -1.47. The van der Waals surface area contributed by atoms with Crippen molar-refractivity contribution in [1.82, 2.24) is 14.9 Å². The minimum Gasteiger partial charge on any atom is -0.265 e. The Bertz CT molecular complexity index is 748. The molecule has 0 amide bonds. The fourth-order valence-corrected chi connectivity index (χ4v) is 2.43. The van der Waals surface area contributed by atoms with E-state index < -0.39 is 0 Å². The molecule has 0 aliphatic carbocycles. The van der Waals surface area contributed by atoms with E-state index >= 15 is 0 Å². The molecule has 22 heavy (non-hydrogen) atoms. The molecule has 1 heterocycles. The Labute approximate surface area is 142 Å². The Morgan fingerprint density at radius 2 is 1.86 bits per heavy atom. The van der Waals surface area contributed by atoms with Crippen molar-refractivity contribution in [2.45, 2.75) is 31.3 Å². The van der Waals surface area contributed by atoms with Crippen LogP contribution in [-0.2, 0) is 5.41 Å². The van der Waals surface area contributed by atoms with Crippen molar-refractivity contribution < 1.29 is 0 Å². The molecule has 0 spiro atoms. The summed E-state index contributed by atoms with van der Waals surface area (Å²) in [7, 11) is 0. The number of aromatic nitrogens is 3. The lowest BCUT2D eigenvalue weighted by Gasteiger charge is -2.16. The molecule has 1 aromatic carbocycles. The third-order valence-electron chi connectivity index (χ3n) is 2.90. The Balaban J connectivity index is 2.49. The van der Waals surface area contributed by atoms with Crippen molar-refractivity contribution in [3.63, 3.8) is 0 Å². The van der Waals surface area contributed by atoms with Gasteiger partial charge in [0.1, 0.15) is 5.69 Å². The predicted molar refractivity (Wildman–Crippen MR) is 93.9 cm³/mol. The molecule has 0 N–H and O–H groups in total. The molecule has 0 saturated heterocycles. The number of thioether (sulfide) groups is 1. The van der Waals surface area contributed by atoms with E-state index in [0.717, 1.165) is 10.0 Å². The highest BCUT2D eigenvalue weighted by molar-refractivity contribution is 9.10. The van der Waals surface area contributed by atoms with Crippen LogP contribution in [0.5, 0.6) is 0 Å². The second-order valence-corrected chi connectivity index (χ2v) is 7.39. The van der Waals surface area contributed by atoms with Crippen LogP contribution in [0.25, 0.3) is 0 Å². The van der Waals surface area contributed by atoms with Crippen molar-refractivity contribution in [1.29, 1.82) is 0 Å². The molecular weight excluding hydrogens is 364 g/mol.